The topological polar surface area (TPSA) is 27.1 Å². The highest BCUT2D eigenvalue weighted by Crippen LogP contribution is 2.36. The predicted molar refractivity (Wildman–Crippen MR) is 80.8 cm³/mol. The highest BCUT2D eigenvalue weighted by atomic mass is 79.9. The summed E-state index contributed by atoms with van der Waals surface area (Å²) in [5, 5.41) is 7.07. The van der Waals surface area contributed by atoms with E-state index in [1.54, 1.807) is 0 Å². The maximum absolute atomic E-state index is 5.60. The van der Waals surface area contributed by atoms with Gasteiger partial charge in [0.25, 0.3) is 0 Å². The molecular formula is C15H19BrN2O. The lowest BCUT2D eigenvalue weighted by molar-refractivity contribution is 0.161. The monoisotopic (exact) mass is 322 g/mol. The molecule has 1 aliphatic heterocycles. The molecule has 1 atom stereocenters. The van der Waals surface area contributed by atoms with Gasteiger partial charge in [0, 0.05) is 35.7 Å². The fourth-order valence-corrected chi connectivity index (χ4v) is 3.51. The van der Waals surface area contributed by atoms with Crippen molar-refractivity contribution in [3.05, 3.63) is 30.0 Å². The number of halogens is 1. The fourth-order valence-electron chi connectivity index (χ4n) is 2.86. The van der Waals surface area contributed by atoms with Crippen molar-refractivity contribution >= 4 is 26.8 Å². The van der Waals surface area contributed by atoms with Crippen LogP contribution < -0.4 is 0 Å². The molecular weight excluding hydrogens is 304 g/mol. The molecule has 1 aromatic heterocycles. The number of nitrogens with zero attached hydrogens (tertiary/aromatic N) is 2. The van der Waals surface area contributed by atoms with E-state index in [0.29, 0.717) is 0 Å². The van der Waals surface area contributed by atoms with E-state index in [1.807, 2.05) is 0 Å². The van der Waals surface area contributed by atoms with Crippen LogP contribution in [0.3, 0.4) is 0 Å². The number of hydrogen-bond acceptors (Lipinski definition) is 2. The van der Waals surface area contributed by atoms with E-state index < -0.39 is 0 Å². The van der Waals surface area contributed by atoms with Crippen molar-refractivity contribution in [2.75, 3.05) is 18.5 Å². The van der Waals surface area contributed by atoms with Crippen LogP contribution in [0, 0.1) is 5.41 Å². The molecule has 2 aromatic rings. The number of aryl methyl sites for hydroxylation is 1. The molecule has 3 rings (SSSR count). The van der Waals surface area contributed by atoms with Crippen molar-refractivity contribution in [1.29, 1.82) is 0 Å². The second-order valence-corrected chi connectivity index (χ2v) is 5.95. The Hall–Kier alpha value is -0.870. The Morgan fingerprint density at radius 2 is 2.26 bits per heavy atom. The van der Waals surface area contributed by atoms with Gasteiger partial charge in [-0.1, -0.05) is 34.1 Å². The molecule has 1 saturated heterocycles. The largest absolute Gasteiger partial charge is 0.381 e. The zero-order valence-electron chi connectivity index (χ0n) is 11.2. The van der Waals surface area contributed by atoms with E-state index in [-0.39, 0.29) is 5.41 Å². The summed E-state index contributed by atoms with van der Waals surface area (Å²) in [6.45, 7) is 4.77. The molecule has 0 saturated carbocycles. The maximum Gasteiger partial charge on any atom is 0.0710 e. The van der Waals surface area contributed by atoms with Crippen molar-refractivity contribution in [2.24, 2.45) is 5.41 Å². The minimum Gasteiger partial charge on any atom is -0.381 e. The van der Waals surface area contributed by atoms with Crippen molar-refractivity contribution < 1.29 is 4.74 Å². The molecule has 1 unspecified atom stereocenters. The third-order valence-corrected chi connectivity index (χ3v) is 5.23. The van der Waals surface area contributed by atoms with Crippen molar-refractivity contribution in [3.8, 4) is 0 Å². The second-order valence-electron chi connectivity index (χ2n) is 5.39. The molecule has 2 heterocycles. The SMILES string of the molecule is CCn1nc(CC2(CBr)CCOC2)c2ccccc21. The van der Waals surface area contributed by atoms with Gasteiger partial charge in [0.05, 0.1) is 17.8 Å². The van der Waals surface area contributed by atoms with E-state index >= 15 is 0 Å². The third kappa shape index (κ3) is 2.32. The van der Waals surface area contributed by atoms with Gasteiger partial charge in [-0.15, -0.1) is 0 Å². The summed E-state index contributed by atoms with van der Waals surface area (Å²) >= 11 is 3.66. The lowest BCUT2D eigenvalue weighted by atomic mass is 9.84. The van der Waals surface area contributed by atoms with Gasteiger partial charge in [0.1, 0.15) is 0 Å². The van der Waals surface area contributed by atoms with Crippen molar-refractivity contribution in [3.63, 3.8) is 0 Å². The van der Waals surface area contributed by atoms with Crippen LogP contribution in [-0.4, -0.2) is 28.3 Å². The minimum absolute atomic E-state index is 0.218. The molecule has 102 valence electrons. The Morgan fingerprint density at radius 1 is 1.42 bits per heavy atom. The van der Waals surface area contributed by atoms with E-state index in [0.717, 1.165) is 37.9 Å². The predicted octanol–water partition coefficient (Wildman–Crippen LogP) is 3.40. The Labute approximate surface area is 122 Å². The molecule has 0 bridgehead atoms. The van der Waals surface area contributed by atoms with E-state index in [1.165, 1.54) is 16.6 Å². The Morgan fingerprint density at radius 3 is 2.95 bits per heavy atom. The Bertz CT molecular complexity index is 573. The molecule has 0 N–H and O–H groups in total. The first-order valence-corrected chi connectivity index (χ1v) is 7.98. The number of ether oxygens (including phenoxy) is 1. The normalized spacial score (nSPS) is 23.3. The average Bonchev–Trinajstić information content (AvgIpc) is 3.05. The van der Waals surface area contributed by atoms with Crippen molar-refractivity contribution in [2.45, 2.75) is 26.3 Å². The third-order valence-electron chi connectivity index (χ3n) is 4.04. The summed E-state index contributed by atoms with van der Waals surface area (Å²) in [6.07, 6.45) is 2.11. The van der Waals surface area contributed by atoms with Gasteiger partial charge in [-0.3, -0.25) is 4.68 Å². The van der Waals surface area contributed by atoms with Gasteiger partial charge in [-0.25, -0.2) is 0 Å². The first-order chi connectivity index (χ1) is 9.28. The molecule has 0 spiro atoms. The van der Waals surface area contributed by atoms with Crippen LogP contribution >= 0.6 is 15.9 Å². The molecule has 19 heavy (non-hydrogen) atoms. The van der Waals surface area contributed by atoms with Crippen LogP contribution in [0.1, 0.15) is 19.0 Å². The summed E-state index contributed by atoms with van der Waals surface area (Å²) in [4.78, 5) is 0. The lowest BCUT2D eigenvalue weighted by Crippen LogP contribution is -2.26. The van der Waals surface area contributed by atoms with E-state index in [2.05, 4.69) is 51.8 Å². The fraction of sp³-hybridized carbons (Fsp3) is 0.533. The number of para-hydroxylation sites is 1. The van der Waals surface area contributed by atoms with Gasteiger partial charge in [-0.05, 0) is 19.4 Å². The first kappa shape index (κ1) is 13.1. The first-order valence-electron chi connectivity index (χ1n) is 6.86. The molecule has 1 aliphatic rings. The summed E-state index contributed by atoms with van der Waals surface area (Å²) < 4.78 is 7.70. The van der Waals surface area contributed by atoms with Gasteiger partial charge in [0.15, 0.2) is 0 Å². The van der Waals surface area contributed by atoms with Gasteiger partial charge >= 0.3 is 0 Å². The molecule has 3 nitrogen and oxygen atoms in total. The number of hydrogen-bond donors (Lipinski definition) is 0. The Kier molecular flexibility index (Phi) is 3.63. The quantitative estimate of drug-likeness (QED) is 0.807. The molecule has 0 radical (unpaired) electrons. The van der Waals surface area contributed by atoms with Crippen LogP contribution in [0.5, 0.6) is 0 Å². The van der Waals surface area contributed by atoms with E-state index in [9.17, 15) is 0 Å². The zero-order chi connectivity index (χ0) is 13.3. The van der Waals surface area contributed by atoms with Crippen LogP contribution in [0.25, 0.3) is 10.9 Å². The Balaban J connectivity index is 2.01. The van der Waals surface area contributed by atoms with Crippen LogP contribution in [0.15, 0.2) is 24.3 Å². The number of fused-ring (bicyclic) bond motifs is 1. The summed E-state index contributed by atoms with van der Waals surface area (Å²) in [7, 11) is 0. The molecule has 0 aliphatic carbocycles. The second kappa shape index (κ2) is 5.25. The van der Waals surface area contributed by atoms with Gasteiger partial charge < -0.3 is 4.74 Å². The average molecular weight is 323 g/mol. The van der Waals surface area contributed by atoms with Crippen LogP contribution in [0.2, 0.25) is 0 Å². The van der Waals surface area contributed by atoms with Gasteiger partial charge in [-0.2, -0.15) is 5.10 Å². The molecule has 1 fully saturated rings. The number of alkyl halides is 1. The standard InChI is InChI=1S/C15H19BrN2O/c1-2-18-14-6-4-3-5-12(14)13(17-18)9-15(10-16)7-8-19-11-15/h3-6H,2,7-11H2,1H3. The number of benzene rings is 1. The maximum atomic E-state index is 5.60. The van der Waals surface area contributed by atoms with Crippen LogP contribution in [-0.2, 0) is 17.7 Å². The van der Waals surface area contributed by atoms with E-state index in [4.69, 9.17) is 9.84 Å². The summed E-state index contributed by atoms with van der Waals surface area (Å²) in [6, 6.07) is 8.52. The minimum atomic E-state index is 0.218. The summed E-state index contributed by atoms with van der Waals surface area (Å²) in [5.74, 6) is 0. The highest BCUT2D eigenvalue weighted by Gasteiger charge is 2.35. The number of aromatic nitrogens is 2. The number of rotatable bonds is 4. The smallest absolute Gasteiger partial charge is 0.0710 e. The molecule has 4 heteroatoms. The lowest BCUT2D eigenvalue weighted by Gasteiger charge is -2.23. The summed E-state index contributed by atoms with van der Waals surface area (Å²) in [5.41, 5.74) is 2.67. The molecule has 0 amide bonds. The van der Waals surface area contributed by atoms with Crippen molar-refractivity contribution in [1.82, 2.24) is 9.78 Å². The van der Waals surface area contributed by atoms with Gasteiger partial charge in [0.2, 0.25) is 0 Å². The molecule has 1 aromatic carbocycles. The van der Waals surface area contributed by atoms with Crippen LogP contribution in [0.4, 0.5) is 0 Å². The zero-order valence-corrected chi connectivity index (χ0v) is 12.8. The highest BCUT2D eigenvalue weighted by molar-refractivity contribution is 9.09.